The highest BCUT2D eigenvalue weighted by atomic mass is 16.4. The molecular formula is C21H24N6O8. The average molecular weight is 488 g/mol. The van der Waals surface area contributed by atoms with Crippen molar-refractivity contribution in [3.8, 4) is 0 Å². The first-order valence-corrected chi connectivity index (χ1v) is 10.2. The van der Waals surface area contributed by atoms with Gasteiger partial charge in [-0.1, -0.05) is 6.07 Å². The number of carbonyl (C=O) groups is 4. The lowest BCUT2D eigenvalue weighted by Crippen LogP contribution is -2.25. The van der Waals surface area contributed by atoms with Gasteiger partial charge in [-0.15, -0.1) is 0 Å². The number of anilines is 1. The van der Waals surface area contributed by atoms with Gasteiger partial charge in [-0.25, -0.2) is 29.1 Å². The Bertz CT molecular complexity index is 1140. The third kappa shape index (κ3) is 8.36. The van der Waals surface area contributed by atoms with Crippen molar-refractivity contribution in [1.29, 1.82) is 0 Å². The zero-order valence-electron chi connectivity index (χ0n) is 18.6. The van der Waals surface area contributed by atoms with Gasteiger partial charge >= 0.3 is 23.9 Å². The predicted molar refractivity (Wildman–Crippen MR) is 121 cm³/mol. The molecule has 0 amide bonds. The van der Waals surface area contributed by atoms with Crippen LogP contribution in [0, 0.1) is 0 Å². The van der Waals surface area contributed by atoms with E-state index in [4.69, 9.17) is 44.6 Å². The number of nitrogens with zero attached hydrogens (tertiary/aromatic N) is 5. The van der Waals surface area contributed by atoms with Crippen LogP contribution in [0.25, 0.3) is 11.2 Å². The van der Waals surface area contributed by atoms with Crippen molar-refractivity contribution in [2.45, 2.75) is 19.0 Å². The SMILES string of the molecule is CN1CCC(Nc2nc3cccnc3n2Cc2ccccn2)C1.O=C(O)C(=O)O.O=C(O)C(=O)O. The first kappa shape index (κ1) is 26.7. The fourth-order valence-electron chi connectivity index (χ4n) is 3.11. The van der Waals surface area contributed by atoms with Crippen molar-refractivity contribution in [3.05, 3.63) is 48.4 Å². The van der Waals surface area contributed by atoms with Gasteiger partial charge in [0, 0.05) is 25.0 Å². The molecule has 1 aliphatic rings. The molecule has 0 spiro atoms. The molecule has 0 saturated carbocycles. The van der Waals surface area contributed by atoms with Crippen LogP contribution in [0.2, 0.25) is 0 Å². The summed E-state index contributed by atoms with van der Waals surface area (Å²) in [4.78, 5) is 52.4. The summed E-state index contributed by atoms with van der Waals surface area (Å²) in [6.07, 6.45) is 4.77. The minimum absolute atomic E-state index is 0.430. The number of likely N-dealkylation sites (tertiary alicyclic amines) is 1. The monoisotopic (exact) mass is 488 g/mol. The molecule has 4 heterocycles. The molecular weight excluding hydrogens is 464 g/mol. The number of aromatic nitrogens is 4. The van der Waals surface area contributed by atoms with E-state index >= 15 is 0 Å². The number of likely N-dealkylation sites (N-methyl/N-ethyl adjacent to an activating group) is 1. The fraction of sp³-hybridized carbons (Fsp3) is 0.286. The van der Waals surface area contributed by atoms with Gasteiger partial charge in [0.2, 0.25) is 5.95 Å². The summed E-state index contributed by atoms with van der Waals surface area (Å²) in [6, 6.07) is 10.3. The molecule has 0 radical (unpaired) electrons. The van der Waals surface area contributed by atoms with E-state index in [1.165, 1.54) is 0 Å². The Morgan fingerprint density at radius 3 is 2.09 bits per heavy atom. The van der Waals surface area contributed by atoms with Gasteiger partial charge in [-0.2, -0.15) is 0 Å². The summed E-state index contributed by atoms with van der Waals surface area (Å²) in [5.74, 6) is -6.42. The van der Waals surface area contributed by atoms with Gasteiger partial charge in [0.1, 0.15) is 5.52 Å². The first-order valence-electron chi connectivity index (χ1n) is 10.2. The number of imidazole rings is 1. The maximum Gasteiger partial charge on any atom is 0.414 e. The minimum atomic E-state index is -1.82. The summed E-state index contributed by atoms with van der Waals surface area (Å²) in [7, 11) is 2.15. The lowest BCUT2D eigenvalue weighted by molar-refractivity contribution is -0.159. The number of carboxylic acids is 4. The van der Waals surface area contributed by atoms with E-state index < -0.39 is 23.9 Å². The Balaban J connectivity index is 0.000000301. The van der Waals surface area contributed by atoms with Crippen LogP contribution in [0.4, 0.5) is 5.95 Å². The van der Waals surface area contributed by atoms with Gasteiger partial charge in [0.25, 0.3) is 0 Å². The van der Waals surface area contributed by atoms with Crippen molar-refractivity contribution in [2.75, 3.05) is 25.5 Å². The standard InChI is InChI=1S/C17H20N6.2C2H2O4/c1-22-10-7-14(11-22)20-17-21-15-6-4-9-19-16(15)23(17)12-13-5-2-3-8-18-13;2*3-1(4)2(5)6/h2-6,8-9,14H,7,10-12H2,1H3,(H,20,21);2*(H,3,4)(H,5,6). The highest BCUT2D eigenvalue weighted by Gasteiger charge is 2.22. The molecule has 1 unspecified atom stereocenters. The van der Waals surface area contributed by atoms with Crippen molar-refractivity contribution in [2.24, 2.45) is 0 Å². The molecule has 3 aromatic rings. The summed E-state index contributed by atoms with van der Waals surface area (Å²) in [5.41, 5.74) is 2.81. The second-order valence-corrected chi connectivity index (χ2v) is 7.30. The van der Waals surface area contributed by atoms with Gasteiger partial charge in [-0.05, 0) is 44.3 Å². The molecule has 3 aromatic heterocycles. The third-order valence-corrected chi connectivity index (χ3v) is 4.64. The van der Waals surface area contributed by atoms with Crippen LogP contribution in [-0.2, 0) is 25.7 Å². The van der Waals surface area contributed by atoms with Crippen molar-refractivity contribution in [1.82, 2.24) is 24.4 Å². The van der Waals surface area contributed by atoms with E-state index in [0.29, 0.717) is 12.6 Å². The van der Waals surface area contributed by atoms with Gasteiger partial charge in [0.15, 0.2) is 5.65 Å². The molecule has 5 N–H and O–H groups in total. The number of fused-ring (bicyclic) bond motifs is 1. The topological polar surface area (TPSA) is 208 Å². The lowest BCUT2D eigenvalue weighted by Gasteiger charge is -2.15. The van der Waals surface area contributed by atoms with E-state index in [0.717, 1.165) is 42.3 Å². The Labute approximate surface area is 198 Å². The smallest absolute Gasteiger partial charge is 0.414 e. The number of hydrogen-bond acceptors (Lipinski definition) is 9. The molecule has 35 heavy (non-hydrogen) atoms. The normalized spacial score (nSPS) is 14.7. The van der Waals surface area contributed by atoms with E-state index in [1.54, 1.807) is 0 Å². The molecule has 14 heteroatoms. The van der Waals surface area contributed by atoms with Crippen molar-refractivity contribution < 1.29 is 39.6 Å². The van der Waals surface area contributed by atoms with E-state index in [1.807, 2.05) is 42.7 Å². The summed E-state index contributed by atoms with van der Waals surface area (Å²) >= 11 is 0. The number of nitrogens with one attached hydrogen (secondary N) is 1. The van der Waals surface area contributed by atoms with Crippen LogP contribution in [-0.4, -0.2) is 94.9 Å². The molecule has 1 fully saturated rings. The molecule has 0 bridgehead atoms. The first-order chi connectivity index (χ1) is 16.6. The average Bonchev–Trinajstić information content (AvgIpc) is 3.38. The molecule has 0 aromatic carbocycles. The number of hydrogen-bond donors (Lipinski definition) is 5. The van der Waals surface area contributed by atoms with E-state index in [9.17, 15) is 0 Å². The van der Waals surface area contributed by atoms with Crippen molar-refractivity contribution >= 4 is 41.0 Å². The van der Waals surface area contributed by atoms with Crippen LogP contribution < -0.4 is 5.32 Å². The molecule has 1 atom stereocenters. The Morgan fingerprint density at radius 2 is 1.57 bits per heavy atom. The van der Waals surface area contributed by atoms with Gasteiger partial charge in [0.05, 0.1) is 12.2 Å². The Kier molecular flexibility index (Phi) is 9.60. The number of rotatable bonds is 4. The number of aliphatic carboxylic acids is 4. The number of carboxylic acid groups (broad SMARTS) is 4. The molecule has 14 nitrogen and oxygen atoms in total. The molecule has 4 rings (SSSR count). The van der Waals surface area contributed by atoms with Crippen LogP contribution >= 0.6 is 0 Å². The summed E-state index contributed by atoms with van der Waals surface area (Å²) in [6.45, 7) is 2.83. The second-order valence-electron chi connectivity index (χ2n) is 7.30. The largest absolute Gasteiger partial charge is 0.473 e. The molecule has 1 saturated heterocycles. The maximum absolute atomic E-state index is 9.10. The molecule has 1 aliphatic heterocycles. The van der Waals surface area contributed by atoms with E-state index in [2.05, 4.69) is 31.8 Å². The van der Waals surface area contributed by atoms with Crippen LogP contribution in [0.3, 0.4) is 0 Å². The highest BCUT2D eigenvalue weighted by Crippen LogP contribution is 2.21. The summed E-state index contributed by atoms with van der Waals surface area (Å²) in [5, 5.41) is 33.2. The van der Waals surface area contributed by atoms with Crippen LogP contribution in [0.15, 0.2) is 42.7 Å². The molecule has 0 aliphatic carbocycles. The van der Waals surface area contributed by atoms with E-state index in [-0.39, 0.29) is 0 Å². The molecule has 186 valence electrons. The number of pyridine rings is 2. The highest BCUT2D eigenvalue weighted by molar-refractivity contribution is 6.27. The fourth-order valence-corrected chi connectivity index (χ4v) is 3.11. The summed E-state index contributed by atoms with van der Waals surface area (Å²) < 4.78 is 2.12. The Hall–Kier alpha value is -4.59. The van der Waals surface area contributed by atoms with Crippen LogP contribution in [0.5, 0.6) is 0 Å². The lowest BCUT2D eigenvalue weighted by atomic mass is 10.3. The zero-order valence-corrected chi connectivity index (χ0v) is 18.6. The van der Waals surface area contributed by atoms with Gasteiger partial charge < -0.3 is 30.6 Å². The van der Waals surface area contributed by atoms with Crippen LogP contribution in [0.1, 0.15) is 12.1 Å². The van der Waals surface area contributed by atoms with Gasteiger partial charge in [-0.3, -0.25) is 9.55 Å². The quantitative estimate of drug-likeness (QED) is 0.313. The Morgan fingerprint density at radius 1 is 0.943 bits per heavy atom. The minimum Gasteiger partial charge on any atom is -0.473 e. The zero-order chi connectivity index (χ0) is 26.0. The maximum atomic E-state index is 9.10. The van der Waals surface area contributed by atoms with Crippen molar-refractivity contribution in [3.63, 3.8) is 0 Å². The predicted octanol–water partition coefficient (Wildman–Crippen LogP) is 0.302. The second kappa shape index (κ2) is 12.6. The third-order valence-electron chi connectivity index (χ3n) is 4.64.